The molecule has 0 saturated carbocycles. The highest BCUT2D eigenvalue weighted by Gasteiger charge is 2.30. The number of hydrogen-bond donors (Lipinski definition) is 2. The van der Waals surface area contributed by atoms with Gasteiger partial charge >= 0.3 is 0 Å². The average Bonchev–Trinajstić information content (AvgIpc) is 3.92. The number of rotatable bonds is 5. The van der Waals surface area contributed by atoms with E-state index in [4.69, 9.17) is 8.83 Å². The average molecular weight is 631 g/mol. The Kier molecular flexibility index (Phi) is 5.51. The molecule has 0 aliphatic heterocycles. The van der Waals surface area contributed by atoms with Crippen molar-refractivity contribution >= 4 is 65.7 Å². The van der Waals surface area contributed by atoms with Gasteiger partial charge in [0.05, 0.1) is 16.7 Å². The second kappa shape index (κ2) is 9.90. The quantitative estimate of drug-likeness (QED) is 0.198. The van der Waals surface area contributed by atoms with Gasteiger partial charge in [0.25, 0.3) is 0 Å². The molecule has 6 heterocycles. The predicted octanol–water partition coefficient (Wildman–Crippen LogP) is 11.4. The maximum absolute atomic E-state index is 7.00. The Morgan fingerprint density at radius 2 is 1.57 bits per heavy atom. The van der Waals surface area contributed by atoms with Crippen LogP contribution >= 0.6 is 22.7 Å². The van der Waals surface area contributed by atoms with E-state index in [9.17, 15) is 0 Å². The molecule has 0 amide bonds. The van der Waals surface area contributed by atoms with Crippen molar-refractivity contribution in [3.8, 4) is 54.8 Å². The lowest BCUT2D eigenvalue weighted by Crippen LogP contribution is -1.93. The van der Waals surface area contributed by atoms with E-state index in [1.165, 1.54) is 10.1 Å². The van der Waals surface area contributed by atoms with Crippen LogP contribution < -0.4 is 0 Å². The Hall–Kier alpha value is -5.70. The summed E-state index contributed by atoms with van der Waals surface area (Å²) in [4.78, 5) is 5.90. The van der Waals surface area contributed by atoms with Crippen molar-refractivity contribution in [2.24, 2.45) is 0 Å². The van der Waals surface area contributed by atoms with E-state index in [2.05, 4.69) is 105 Å². The van der Waals surface area contributed by atoms with Crippen molar-refractivity contribution in [3.05, 3.63) is 121 Å². The lowest BCUT2D eigenvalue weighted by Gasteiger charge is -2.16. The van der Waals surface area contributed by atoms with Crippen LogP contribution in [0.3, 0.4) is 0 Å². The van der Waals surface area contributed by atoms with Gasteiger partial charge in [-0.3, -0.25) is 5.10 Å². The molecular weight excluding hydrogens is 609 g/mol. The zero-order valence-electron chi connectivity index (χ0n) is 24.1. The SMILES string of the molecule is c1coc(-c2c(-c3cccc4[nH]nnc34)c(-c3cc4ccccc4[nH]3)cc3oc(-c4cc5ccccc5s4)c(-c4cccs4)c23)c1. The van der Waals surface area contributed by atoms with Crippen molar-refractivity contribution in [1.82, 2.24) is 20.4 Å². The number of fused-ring (bicyclic) bond motifs is 4. The van der Waals surface area contributed by atoms with Crippen LogP contribution in [0, 0.1) is 0 Å². The molecule has 0 saturated heterocycles. The van der Waals surface area contributed by atoms with Crippen molar-refractivity contribution < 1.29 is 8.83 Å². The molecule has 6 nitrogen and oxygen atoms in total. The van der Waals surface area contributed by atoms with Crippen LogP contribution in [0.5, 0.6) is 0 Å². The van der Waals surface area contributed by atoms with E-state index < -0.39 is 0 Å². The summed E-state index contributed by atoms with van der Waals surface area (Å²) in [5, 5.41) is 17.3. The van der Waals surface area contributed by atoms with Crippen LogP contribution in [0.1, 0.15) is 0 Å². The number of benzene rings is 4. The number of aromatic nitrogens is 4. The van der Waals surface area contributed by atoms with Crippen LogP contribution in [0.25, 0.3) is 97.8 Å². The lowest BCUT2D eigenvalue weighted by atomic mass is 9.87. The van der Waals surface area contributed by atoms with E-state index in [1.54, 1.807) is 28.9 Å². The van der Waals surface area contributed by atoms with Crippen LogP contribution in [0.15, 0.2) is 130 Å². The minimum Gasteiger partial charge on any atom is -0.464 e. The van der Waals surface area contributed by atoms with Gasteiger partial charge in [0.15, 0.2) is 5.76 Å². The first-order valence-electron chi connectivity index (χ1n) is 14.9. The number of nitrogens with zero attached hydrogens (tertiary/aromatic N) is 2. The highest BCUT2D eigenvalue weighted by atomic mass is 32.1. The zero-order chi connectivity index (χ0) is 30.2. The van der Waals surface area contributed by atoms with Gasteiger partial charge in [-0.15, -0.1) is 27.8 Å². The number of furan rings is 2. The monoisotopic (exact) mass is 630 g/mol. The number of aromatic amines is 2. The zero-order valence-corrected chi connectivity index (χ0v) is 25.7. The molecule has 6 aromatic heterocycles. The van der Waals surface area contributed by atoms with Gasteiger partial charge in [-0.1, -0.05) is 59.8 Å². The Bertz CT molecular complexity index is 2640. The third kappa shape index (κ3) is 3.81. The third-order valence-corrected chi connectivity index (χ3v) is 10.6. The molecule has 4 aromatic carbocycles. The van der Waals surface area contributed by atoms with Gasteiger partial charge in [0, 0.05) is 59.4 Å². The minimum absolute atomic E-state index is 0.750. The fraction of sp³-hybridized carbons (Fsp3) is 0. The summed E-state index contributed by atoms with van der Waals surface area (Å²) < 4.78 is 14.5. The standard InChI is InChI=1S/C38H22N4O2S2/c1-3-11-25-21(8-1)18-27(39-25)24-20-29-35(34(28-13-6-16-43-28)33(24)23-10-5-12-26-37(23)41-42-40-26)36(31-15-7-17-45-31)38(44-29)32-19-22-9-2-4-14-30(22)46-32/h1-20,39H,(H,40,41,42). The summed E-state index contributed by atoms with van der Waals surface area (Å²) in [7, 11) is 0. The van der Waals surface area contributed by atoms with Crippen molar-refractivity contribution in [2.45, 2.75) is 0 Å². The van der Waals surface area contributed by atoms with E-state index in [0.717, 1.165) is 87.7 Å². The first-order chi connectivity index (χ1) is 22.8. The van der Waals surface area contributed by atoms with Crippen molar-refractivity contribution in [1.29, 1.82) is 0 Å². The van der Waals surface area contributed by atoms with Crippen LogP contribution in [0.2, 0.25) is 0 Å². The molecule has 10 rings (SSSR count). The fourth-order valence-electron chi connectivity index (χ4n) is 6.63. The number of H-pyrrole nitrogens is 2. The van der Waals surface area contributed by atoms with Gasteiger partial charge in [-0.2, -0.15) is 0 Å². The van der Waals surface area contributed by atoms with Crippen LogP contribution in [-0.2, 0) is 0 Å². The van der Waals surface area contributed by atoms with Crippen molar-refractivity contribution in [2.75, 3.05) is 0 Å². The van der Waals surface area contributed by atoms with Gasteiger partial charge < -0.3 is 13.8 Å². The highest BCUT2D eigenvalue weighted by Crippen LogP contribution is 2.53. The summed E-state index contributed by atoms with van der Waals surface area (Å²) in [6.07, 6.45) is 1.73. The molecule has 218 valence electrons. The fourth-order valence-corrected chi connectivity index (χ4v) is 8.46. The molecule has 0 atom stereocenters. The first-order valence-corrected chi connectivity index (χ1v) is 16.6. The Balaban J connectivity index is 1.41. The van der Waals surface area contributed by atoms with Gasteiger partial charge in [-0.05, 0) is 65.4 Å². The summed E-state index contributed by atoms with van der Waals surface area (Å²) >= 11 is 3.45. The van der Waals surface area contributed by atoms with E-state index in [0.29, 0.717) is 0 Å². The Morgan fingerprint density at radius 1 is 0.674 bits per heavy atom. The largest absolute Gasteiger partial charge is 0.464 e. The number of nitrogens with one attached hydrogen (secondary N) is 2. The predicted molar refractivity (Wildman–Crippen MR) is 188 cm³/mol. The molecule has 2 N–H and O–H groups in total. The molecule has 46 heavy (non-hydrogen) atoms. The topological polar surface area (TPSA) is 83.6 Å². The summed E-state index contributed by atoms with van der Waals surface area (Å²) in [6, 6.07) is 37.8. The maximum Gasteiger partial charge on any atom is 0.154 e. The molecule has 0 aliphatic carbocycles. The molecule has 0 radical (unpaired) electrons. The molecular formula is C38H22N4O2S2. The molecule has 10 aromatic rings. The smallest absolute Gasteiger partial charge is 0.154 e. The Morgan fingerprint density at radius 3 is 2.41 bits per heavy atom. The van der Waals surface area contributed by atoms with E-state index in [1.807, 2.05) is 30.3 Å². The van der Waals surface area contributed by atoms with Crippen LogP contribution in [0.4, 0.5) is 0 Å². The molecule has 0 fully saturated rings. The summed E-state index contributed by atoms with van der Waals surface area (Å²) in [5.41, 5.74) is 9.42. The maximum atomic E-state index is 7.00. The first kappa shape index (κ1) is 25.6. The molecule has 0 aliphatic rings. The number of para-hydroxylation sites is 1. The van der Waals surface area contributed by atoms with Gasteiger partial charge in [-0.25, -0.2) is 0 Å². The minimum atomic E-state index is 0.750. The number of thiophene rings is 2. The van der Waals surface area contributed by atoms with Crippen LogP contribution in [-0.4, -0.2) is 20.4 Å². The van der Waals surface area contributed by atoms with Crippen molar-refractivity contribution in [3.63, 3.8) is 0 Å². The third-order valence-electron chi connectivity index (χ3n) is 8.61. The van der Waals surface area contributed by atoms with Gasteiger partial charge in [0.1, 0.15) is 16.9 Å². The second-order valence-corrected chi connectivity index (χ2v) is 13.3. The van der Waals surface area contributed by atoms with E-state index >= 15 is 0 Å². The van der Waals surface area contributed by atoms with E-state index in [-0.39, 0.29) is 0 Å². The molecule has 0 bridgehead atoms. The number of hydrogen-bond acceptors (Lipinski definition) is 6. The second-order valence-electron chi connectivity index (χ2n) is 11.2. The summed E-state index contributed by atoms with van der Waals surface area (Å²) in [5.74, 6) is 1.60. The lowest BCUT2D eigenvalue weighted by molar-refractivity contribution is 0.583. The van der Waals surface area contributed by atoms with Gasteiger partial charge in [0.2, 0.25) is 0 Å². The molecule has 0 spiro atoms. The molecule has 8 heteroatoms. The molecule has 0 unspecified atom stereocenters. The summed E-state index contributed by atoms with van der Waals surface area (Å²) in [6.45, 7) is 0. The normalized spacial score (nSPS) is 11.9. The Labute approximate surface area is 269 Å². The highest BCUT2D eigenvalue weighted by molar-refractivity contribution is 7.22.